The maximum absolute atomic E-state index is 11.8. The van der Waals surface area contributed by atoms with Crippen molar-refractivity contribution in [2.24, 2.45) is 0 Å². The molecule has 3 atom stereocenters. The van der Waals surface area contributed by atoms with Crippen molar-refractivity contribution in [2.45, 2.75) is 50.2 Å². The molecule has 4 nitrogen and oxygen atoms in total. The van der Waals surface area contributed by atoms with E-state index >= 15 is 0 Å². The number of fused-ring (bicyclic) bond motifs is 2. The number of hydrogen-bond donors (Lipinski definition) is 0. The van der Waals surface area contributed by atoms with Gasteiger partial charge in [-0.05, 0) is 26.9 Å². The molecule has 0 aliphatic carbocycles. The van der Waals surface area contributed by atoms with Crippen LogP contribution in [0.15, 0.2) is 0 Å². The van der Waals surface area contributed by atoms with E-state index in [0.717, 1.165) is 19.4 Å². The summed E-state index contributed by atoms with van der Waals surface area (Å²) in [6.45, 7) is 4.67. The third-order valence-corrected chi connectivity index (χ3v) is 5.34. The summed E-state index contributed by atoms with van der Waals surface area (Å²) in [6, 6.07) is 1.72. The van der Waals surface area contributed by atoms with Crippen molar-refractivity contribution in [3.8, 4) is 0 Å². The number of nitrogens with zero attached hydrogens (tertiary/aromatic N) is 3. The maximum Gasteiger partial charge on any atom is 0.136 e. The molecule has 3 saturated heterocycles. The number of rotatable bonds is 2. The van der Waals surface area contributed by atoms with E-state index in [4.69, 9.17) is 0 Å². The van der Waals surface area contributed by atoms with Crippen molar-refractivity contribution in [2.75, 3.05) is 40.3 Å². The lowest BCUT2D eigenvalue weighted by Gasteiger charge is -2.49. The van der Waals surface area contributed by atoms with Crippen LogP contribution in [0.1, 0.15) is 32.1 Å². The lowest BCUT2D eigenvalue weighted by atomic mass is 9.83. The van der Waals surface area contributed by atoms with Gasteiger partial charge in [0.05, 0.1) is 0 Å². The molecule has 0 radical (unpaired) electrons. The van der Waals surface area contributed by atoms with E-state index in [1.54, 1.807) is 0 Å². The third-order valence-electron chi connectivity index (χ3n) is 5.34. The Kier molecular flexibility index (Phi) is 3.92. The van der Waals surface area contributed by atoms with E-state index in [-0.39, 0.29) is 0 Å². The summed E-state index contributed by atoms with van der Waals surface area (Å²) in [6.07, 6.45) is 5.40. The Balaban J connectivity index is 1.66. The first kappa shape index (κ1) is 13.5. The van der Waals surface area contributed by atoms with Gasteiger partial charge in [0.15, 0.2) is 0 Å². The van der Waals surface area contributed by atoms with Crippen molar-refractivity contribution in [1.82, 2.24) is 14.7 Å². The molecule has 0 amide bonds. The van der Waals surface area contributed by atoms with Crippen LogP contribution in [0, 0.1) is 0 Å². The Labute approximate surface area is 116 Å². The van der Waals surface area contributed by atoms with Gasteiger partial charge in [-0.2, -0.15) is 0 Å². The highest BCUT2D eigenvalue weighted by atomic mass is 16.1. The highest BCUT2D eigenvalue weighted by molar-refractivity contribution is 5.80. The Morgan fingerprint density at radius 2 is 1.79 bits per heavy atom. The van der Waals surface area contributed by atoms with Gasteiger partial charge in [-0.15, -0.1) is 0 Å². The van der Waals surface area contributed by atoms with Crippen molar-refractivity contribution < 1.29 is 4.79 Å². The monoisotopic (exact) mass is 265 g/mol. The maximum atomic E-state index is 11.8. The zero-order valence-corrected chi connectivity index (χ0v) is 12.3. The van der Waals surface area contributed by atoms with Crippen LogP contribution in [0.25, 0.3) is 0 Å². The predicted octanol–water partition coefficient (Wildman–Crippen LogP) is 0.818. The van der Waals surface area contributed by atoms with Crippen LogP contribution >= 0.6 is 0 Å². The van der Waals surface area contributed by atoms with Gasteiger partial charge in [0, 0.05) is 57.1 Å². The molecule has 3 heterocycles. The molecule has 19 heavy (non-hydrogen) atoms. The van der Waals surface area contributed by atoms with Crippen molar-refractivity contribution in [3.05, 3.63) is 0 Å². The van der Waals surface area contributed by atoms with Gasteiger partial charge in [0.1, 0.15) is 5.78 Å². The topological polar surface area (TPSA) is 26.8 Å². The van der Waals surface area contributed by atoms with E-state index in [9.17, 15) is 4.79 Å². The quantitative estimate of drug-likeness (QED) is 0.738. The van der Waals surface area contributed by atoms with Crippen LogP contribution in [-0.2, 0) is 4.79 Å². The van der Waals surface area contributed by atoms with E-state index in [0.29, 0.717) is 23.9 Å². The average Bonchev–Trinajstić information content (AvgIpc) is 2.35. The van der Waals surface area contributed by atoms with E-state index in [1.165, 1.54) is 38.9 Å². The molecule has 3 unspecified atom stereocenters. The Hall–Kier alpha value is -0.450. The fourth-order valence-corrected chi connectivity index (χ4v) is 4.11. The zero-order valence-electron chi connectivity index (χ0n) is 12.3. The lowest BCUT2D eigenvalue weighted by Crippen LogP contribution is -2.60. The summed E-state index contributed by atoms with van der Waals surface area (Å²) in [5.41, 5.74) is 0. The molecule has 3 aliphatic heterocycles. The Bertz CT molecular complexity index is 330. The van der Waals surface area contributed by atoms with Crippen LogP contribution in [0.3, 0.4) is 0 Å². The summed E-state index contributed by atoms with van der Waals surface area (Å²) in [5, 5.41) is 0. The highest BCUT2D eigenvalue weighted by Gasteiger charge is 2.39. The molecule has 3 rings (SSSR count). The van der Waals surface area contributed by atoms with Gasteiger partial charge in [0.25, 0.3) is 0 Å². The fourth-order valence-electron chi connectivity index (χ4n) is 4.11. The van der Waals surface area contributed by atoms with Crippen LogP contribution in [0.5, 0.6) is 0 Å². The number of Topliss-reactive ketones (excluding diaryl/α,β-unsaturated/α-hetero) is 1. The first-order valence-corrected chi connectivity index (χ1v) is 7.79. The number of carbonyl (C=O) groups is 1. The second-order valence-electron chi connectivity index (χ2n) is 6.78. The van der Waals surface area contributed by atoms with Crippen LogP contribution in [-0.4, -0.2) is 78.9 Å². The summed E-state index contributed by atoms with van der Waals surface area (Å²) in [5.74, 6) is 0.500. The predicted molar refractivity (Wildman–Crippen MR) is 76.3 cm³/mol. The van der Waals surface area contributed by atoms with Gasteiger partial charge in [-0.3, -0.25) is 14.6 Å². The number of ketones is 1. The Morgan fingerprint density at radius 1 is 1.11 bits per heavy atom. The van der Waals surface area contributed by atoms with Crippen LogP contribution in [0.4, 0.5) is 0 Å². The first-order valence-electron chi connectivity index (χ1n) is 7.79. The molecule has 0 spiro atoms. The fraction of sp³-hybridized carbons (Fsp3) is 0.933. The second kappa shape index (κ2) is 5.51. The largest absolute Gasteiger partial charge is 0.303 e. The minimum absolute atomic E-state index is 0.500. The molecule has 3 fully saturated rings. The third kappa shape index (κ3) is 2.86. The number of piperidine rings is 2. The standard InChI is InChI=1S/C15H27N3O/c1-16-6-7-17(2)14(10-16)11-18-12-4-3-5-13(18)9-15(19)8-12/h12-14H,3-11H2,1-2H3. The molecule has 0 aromatic rings. The number of hydrogen-bond acceptors (Lipinski definition) is 4. The van der Waals surface area contributed by atoms with Gasteiger partial charge < -0.3 is 4.90 Å². The van der Waals surface area contributed by atoms with Gasteiger partial charge in [0.2, 0.25) is 0 Å². The number of piperazine rings is 1. The Morgan fingerprint density at radius 3 is 2.47 bits per heavy atom. The van der Waals surface area contributed by atoms with E-state index in [2.05, 4.69) is 28.8 Å². The van der Waals surface area contributed by atoms with Gasteiger partial charge in [-0.1, -0.05) is 6.42 Å². The van der Waals surface area contributed by atoms with Crippen molar-refractivity contribution >= 4 is 5.78 Å². The summed E-state index contributed by atoms with van der Waals surface area (Å²) in [7, 11) is 4.48. The zero-order chi connectivity index (χ0) is 13.4. The lowest BCUT2D eigenvalue weighted by molar-refractivity contribution is -0.127. The summed E-state index contributed by atoms with van der Waals surface area (Å²) in [4.78, 5) is 19.4. The smallest absolute Gasteiger partial charge is 0.136 e. The summed E-state index contributed by atoms with van der Waals surface area (Å²) < 4.78 is 0. The second-order valence-corrected chi connectivity index (χ2v) is 6.78. The molecule has 108 valence electrons. The molecular formula is C15H27N3O. The highest BCUT2D eigenvalue weighted by Crippen LogP contribution is 2.32. The molecule has 2 bridgehead atoms. The molecule has 0 aromatic carbocycles. The van der Waals surface area contributed by atoms with Gasteiger partial charge >= 0.3 is 0 Å². The minimum atomic E-state index is 0.500. The van der Waals surface area contributed by atoms with Crippen LogP contribution < -0.4 is 0 Å². The van der Waals surface area contributed by atoms with Crippen molar-refractivity contribution in [3.63, 3.8) is 0 Å². The van der Waals surface area contributed by atoms with Gasteiger partial charge in [-0.25, -0.2) is 0 Å². The van der Waals surface area contributed by atoms with Crippen LogP contribution in [0.2, 0.25) is 0 Å². The first-order chi connectivity index (χ1) is 9.13. The molecular weight excluding hydrogens is 238 g/mol. The summed E-state index contributed by atoms with van der Waals surface area (Å²) >= 11 is 0. The number of carbonyl (C=O) groups excluding carboxylic acids is 1. The van der Waals surface area contributed by atoms with E-state index in [1.807, 2.05) is 0 Å². The molecule has 0 aromatic heterocycles. The van der Waals surface area contributed by atoms with Crippen molar-refractivity contribution in [1.29, 1.82) is 0 Å². The molecule has 4 heteroatoms. The average molecular weight is 265 g/mol. The van der Waals surface area contributed by atoms with E-state index < -0.39 is 0 Å². The molecule has 0 saturated carbocycles. The number of likely N-dealkylation sites (N-methyl/N-ethyl adjacent to an activating group) is 2. The molecule has 3 aliphatic rings. The normalized spacial score (nSPS) is 38.6. The molecule has 0 N–H and O–H groups in total. The SMILES string of the molecule is CN1CCN(C)C(CN2C3CCCC2CC(=O)C3)C1. The minimum Gasteiger partial charge on any atom is -0.303 e.